The minimum absolute atomic E-state index is 0.212. The molecule has 1 aliphatic heterocycles. The topological polar surface area (TPSA) is 81.5 Å². The molecule has 0 spiro atoms. The zero-order valence-corrected chi connectivity index (χ0v) is 17.2. The van der Waals surface area contributed by atoms with Crippen molar-refractivity contribution in [3.8, 4) is 6.07 Å². The number of Topliss-reactive ketones (excluding diaryl/α,β-unsaturated/α-hetero) is 1. The van der Waals surface area contributed by atoms with Gasteiger partial charge in [-0.2, -0.15) is 18.4 Å². The van der Waals surface area contributed by atoms with Gasteiger partial charge in [-0.15, -0.1) is 0 Å². The number of rotatable bonds is 4. The average molecular weight is 441 g/mol. The molecule has 0 aliphatic carbocycles. The van der Waals surface area contributed by atoms with Gasteiger partial charge in [0.05, 0.1) is 11.6 Å². The van der Waals surface area contributed by atoms with Crippen LogP contribution in [0.2, 0.25) is 0 Å². The van der Waals surface area contributed by atoms with E-state index in [1.807, 2.05) is 6.07 Å². The van der Waals surface area contributed by atoms with Crippen molar-refractivity contribution in [2.75, 3.05) is 14.1 Å². The van der Waals surface area contributed by atoms with Crippen molar-refractivity contribution < 1.29 is 27.6 Å². The van der Waals surface area contributed by atoms with Gasteiger partial charge in [-0.05, 0) is 23.3 Å². The Balaban J connectivity index is 2.17. The Labute approximate surface area is 182 Å². The molecule has 0 radical (unpaired) electrons. The number of hydrogen-bond donors (Lipinski definition) is 0. The van der Waals surface area contributed by atoms with E-state index in [4.69, 9.17) is 0 Å². The number of benzene rings is 2. The van der Waals surface area contributed by atoms with Crippen molar-refractivity contribution in [1.29, 1.82) is 5.26 Å². The second-order valence-corrected chi connectivity index (χ2v) is 7.31. The first-order valence-corrected chi connectivity index (χ1v) is 9.46. The molecule has 0 aromatic heterocycles. The summed E-state index contributed by atoms with van der Waals surface area (Å²) in [6.07, 6.45) is -4.74. The number of carbonyl (C=O) groups is 3. The number of nitrogens with zero attached hydrogens (tertiary/aromatic N) is 3. The van der Waals surface area contributed by atoms with Gasteiger partial charge in [0.25, 0.3) is 17.6 Å². The first-order valence-electron chi connectivity index (χ1n) is 9.46. The molecule has 2 aromatic carbocycles. The molecule has 0 bridgehead atoms. The second-order valence-electron chi connectivity index (χ2n) is 7.31. The molecule has 2 aromatic rings. The fourth-order valence-electron chi connectivity index (χ4n) is 3.70. The molecule has 0 saturated carbocycles. The first kappa shape index (κ1) is 22.7. The van der Waals surface area contributed by atoms with Crippen molar-refractivity contribution in [1.82, 2.24) is 9.80 Å². The smallest absolute Gasteiger partial charge is 0.319 e. The number of carbonyl (C=O) groups excluding carboxylic acids is 3. The summed E-state index contributed by atoms with van der Waals surface area (Å²) in [5, 5.41) is 9.27. The minimum atomic E-state index is -5.35. The highest BCUT2D eigenvalue weighted by molar-refractivity contribution is 6.21. The van der Waals surface area contributed by atoms with E-state index in [1.165, 1.54) is 30.3 Å². The van der Waals surface area contributed by atoms with Crippen molar-refractivity contribution >= 4 is 23.7 Å². The van der Waals surface area contributed by atoms with Crippen LogP contribution in [0.3, 0.4) is 0 Å². The van der Waals surface area contributed by atoms with Crippen LogP contribution in [-0.2, 0) is 20.8 Å². The summed E-state index contributed by atoms with van der Waals surface area (Å²) in [5.74, 6) is -4.46. The lowest BCUT2D eigenvalue weighted by Gasteiger charge is -2.46. The number of alkyl halides is 3. The zero-order valence-electron chi connectivity index (χ0n) is 17.2. The lowest BCUT2D eigenvalue weighted by atomic mass is 9.81. The molecule has 3 rings (SSSR count). The van der Waals surface area contributed by atoms with E-state index >= 15 is 0 Å². The summed E-state index contributed by atoms with van der Waals surface area (Å²) in [6, 6.07) is 15.9. The highest BCUT2D eigenvalue weighted by Gasteiger charge is 2.64. The van der Waals surface area contributed by atoms with Crippen LogP contribution in [0.4, 0.5) is 13.2 Å². The quantitative estimate of drug-likeness (QED) is 0.540. The molecule has 1 aliphatic rings. The highest BCUT2D eigenvalue weighted by Crippen LogP contribution is 2.37. The van der Waals surface area contributed by atoms with Crippen LogP contribution in [0.5, 0.6) is 0 Å². The minimum Gasteiger partial charge on any atom is -0.319 e. The Morgan fingerprint density at radius 2 is 1.66 bits per heavy atom. The molecule has 1 saturated heterocycles. The van der Waals surface area contributed by atoms with Crippen molar-refractivity contribution in [2.45, 2.75) is 18.1 Å². The predicted octanol–water partition coefficient (Wildman–Crippen LogP) is 2.94. The van der Waals surface area contributed by atoms with E-state index in [1.54, 1.807) is 30.3 Å². The monoisotopic (exact) mass is 441 g/mol. The van der Waals surface area contributed by atoms with Gasteiger partial charge < -0.3 is 9.80 Å². The Bertz CT molecular complexity index is 1150. The maximum absolute atomic E-state index is 13.6. The first-order chi connectivity index (χ1) is 15.0. The third-order valence-corrected chi connectivity index (χ3v) is 5.43. The molecule has 6 nitrogen and oxygen atoms in total. The van der Waals surface area contributed by atoms with Crippen LogP contribution in [0.15, 0.2) is 60.3 Å². The van der Waals surface area contributed by atoms with Crippen LogP contribution < -0.4 is 0 Å². The van der Waals surface area contributed by atoms with Gasteiger partial charge in [0.1, 0.15) is 5.70 Å². The van der Waals surface area contributed by atoms with Crippen LogP contribution in [-0.4, -0.2) is 53.2 Å². The van der Waals surface area contributed by atoms with Gasteiger partial charge in [0.2, 0.25) is 0 Å². The summed E-state index contributed by atoms with van der Waals surface area (Å²) in [6.45, 7) is 0. The number of piperazine rings is 1. The predicted molar refractivity (Wildman–Crippen MR) is 109 cm³/mol. The second kappa shape index (κ2) is 8.30. The molecule has 1 heterocycles. The number of halogens is 3. The van der Waals surface area contributed by atoms with Crippen LogP contribution >= 0.6 is 0 Å². The fraction of sp³-hybridized carbons (Fsp3) is 0.217. The normalized spacial score (nSPS) is 20.4. The maximum atomic E-state index is 13.6. The largest absolute Gasteiger partial charge is 0.453 e. The van der Waals surface area contributed by atoms with E-state index in [9.17, 15) is 32.8 Å². The summed E-state index contributed by atoms with van der Waals surface area (Å²) < 4.78 is 40.8. The van der Waals surface area contributed by atoms with Gasteiger partial charge in [0.15, 0.2) is 5.54 Å². The Kier molecular flexibility index (Phi) is 5.90. The fourth-order valence-corrected chi connectivity index (χ4v) is 3.70. The standard InChI is InChI=1S/C23H18F3N3O3/c1-28-18(12-16-10-6-7-11-17(16)14-27)19(30)29(2)22(21(28)32,20(31)23(24,25)26)13-15-8-4-3-5-9-15/h3-12H,13H2,1-2H3/b18-12-. The highest BCUT2D eigenvalue weighted by atomic mass is 19.4. The SMILES string of the molecule is CN1C(=O)C(Cc2ccccc2)(C(=O)C(F)(F)F)N(C)C(=O)/C1=C/c1ccccc1C#N. The molecule has 32 heavy (non-hydrogen) atoms. The van der Waals surface area contributed by atoms with E-state index < -0.39 is 35.7 Å². The van der Waals surface area contributed by atoms with Gasteiger partial charge >= 0.3 is 6.18 Å². The number of nitriles is 1. The average Bonchev–Trinajstić information content (AvgIpc) is 2.78. The molecular formula is C23H18F3N3O3. The summed E-state index contributed by atoms with van der Waals surface area (Å²) >= 11 is 0. The van der Waals surface area contributed by atoms with Gasteiger partial charge in [-0.25, -0.2) is 0 Å². The van der Waals surface area contributed by atoms with Crippen LogP contribution in [0, 0.1) is 11.3 Å². The lowest BCUT2D eigenvalue weighted by Crippen LogP contribution is -2.72. The van der Waals surface area contributed by atoms with E-state index in [-0.39, 0.29) is 16.8 Å². The number of hydrogen-bond acceptors (Lipinski definition) is 4. The third kappa shape index (κ3) is 3.75. The number of likely N-dealkylation sites (N-methyl/N-ethyl adjacent to an activating group) is 2. The number of ketones is 1. The van der Waals surface area contributed by atoms with Crippen molar-refractivity contribution in [2.24, 2.45) is 0 Å². The summed E-state index contributed by atoms with van der Waals surface area (Å²) in [7, 11) is 2.14. The van der Waals surface area contributed by atoms with Crippen LogP contribution in [0.1, 0.15) is 16.7 Å². The van der Waals surface area contributed by atoms with E-state index in [0.29, 0.717) is 10.5 Å². The molecule has 9 heteroatoms. The molecular weight excluding hydrogens is 423 g/mol. The molecule has 0 N–H and O–H groups in total. The van der Waals surface area contributed by atoms with Crippen molar-refractivity contribution in [3.63, 3.8) is 0 Å². The Hall–Kier alpha value is -3.93. The molecule has 1 atom stereocenters. The summed E-state index contributed by atoms with van der Waals surface area (Å²) in [5.41, 5.74) is -2.24. The van der Waals surface area contributed by atoms with Gasteiger partial charge in [-0.3, -0.25) is 14.4 Å². The van der Waals surface area contributed by atoms with Crippen LogP contribution in [0.25, 0.3) is 6.08 Å². The molecule has 2 amide bonds. The molecule has 1 unspecified atom stereocenters. The van der Waals surface area contributed by atoms with E-state index in [0.717, 1.165) is 19.0 Å². The summed E-state index contributed by atoms with van der Waals surface area (Å²) in [4.78, 5) is 40.4. The zero-order chi connectivity index (χ0) is 23.7. The van der Waals surface area contributed by atoms with Gasteiger partial charge in [-0.1, -0.05) is 48.5 Å². The van der Waals surface area contributed by atoms with Crippen molar-refractivity contribution in [3.05, 3.63) is 77.0 Å². The molecule has 1 fully saturated rings. The molecule has 164 valence electrons. The Morgan fingerprint density at radius 3 is 2.25 bits per heavy atom. The number of amides is 2. The van der Waals surface area contributed by atoms with E-state index in [2.05, 4.69) is 0 Å². The lowest BCUT2D eigenvalue weighted by molar-refractivity contribution is -0.190. The Morgan fingerprint density at radius 1 is 1.06 bits per heavy atom. The van der Waals surface area contributed by atoms with Gasteiger partial charge in [0, 0.05) is 20.5 Å². The third-order valence-electron chi connectivity index (χ3n) is 5.43. The maximum Gasteiger partial charge on any atom is 0.453 e.